The van der Waals surface area contributed by atoms with Crippen molar-refractivity contribution >= 4 is 11.5 Å². The predicted molar refractivity (Wildman–Crippen MR) is 67.8 cm³/mol. The summed E-state index contributed by atoms with van der Waals surface area (Å²) in [6.45, 7) is 6.43. The van der Waals surface area contributed by atoms with Gasteiger partial charge in [-0.3, -0.25) is 0 Å². The van der Waals surface area contributed by atoms with Crippen molar-refractivity contribution in [2.75, 3.05) is 17.6 Å². The number of nitrogens with two attached hydrogens (primary N) is 1. The molecule has 2 aromatic heterocycles. The Morgan fingerprint density at radius 1 is 1.47 bits per heavy atom. The minimum atomic E-state index is 0.734. The van der Waals surface area contributed by atoms with Gasteiger partial charge in [0, 0.05) is 32.0 Å². The Labute approximate surface area is 100 Å². The van der Waals surface area contributed by atoms with E-state index in [9.17, 15) is 0 Å². The number of hydrogen-bond donors (Lipinski definition) is 2. The second kappa shape index (κ2) is 4.90. The van der Waals surface area contributed by atoms with Crippen molar-refractivity contribution in [3.8, 4) is 0 Å². The Hall–Kier alpha value is -1.98. The number of hydrogen-bond acceptors (Lipinski definition) is 4. The van der Waals surface area contributed by atoms with Gasteiger partial charge in [0.2, 0.25) is 0 Å². The fourth-order valence-electron chi connectivity index (χ4n) is 1.73. The summed E-state index contributed by atoms with van der Waals surface area (Å²) in [5.41, 5.74) is 7.58. The van der Waals surface area contributed by atoms with Crippen molar-refractivity contribution in [3.05, 3.63) is 24.4 Å². The molecule has 0 unspecified atom stereocenters. The Morgan fingerprint density at radius 3 is 2.94 bits per heavy atom. The normalized spacial score (nSPS) is 10.7. The zero-order valence-electron chi connectivity index (χ0n) is 10.2. The van der Waals surface area contributed by atoms with Crippen LogP contribution in [0.15, 0.2) is 18.7 Å². The van der Waals surface area contributed by atoms with Crippen LogP contribution < -0.4 is 11.1 Å². The van der Waals surface area contributed by atoms with Crippen molar-refractivity contribution < 1.29 is 0 Å². The lowest BCUT2D eigenvalue weighted by Gasteiger charge is -2.09. The first kappa shape index (κ1) is 11.5. The molecule has 0 radical (unpaired) electrons. The summed E-state index contributed by atoms with van der Waals surface area (Å²) in [7, 11) is 0. The summed E-state index contributed by atoms with van der Waals surface area (Å²) in [6.07, 6.45) is 5.51. The molecule has 6 heteroatoms. The SMILES string of the molecule is CCn1nc(C)c(N)c1NCCn1ccnc1. The van der Waals surface area contributed by atoms with Crippen LogP contribution in [0.4, 0.5) is 11.5 Å². The highest BCUT2D eigenvalue weighted by Gasteiger charge is 2.10. The van der Waals surface area contributed by atoms with Crippen LogP contribution in [0.25, 0.3) is 0 Å². The summed E-state index contributed by atoms with van der Waals surface area (Å²) < 4.78 is 3.90. The highest BCUT2D eigenvalue weighted by molar-refractivity contribution is 5.64. The fraction of sp³-hybridized carbons (Fsp3) is 0.455. The summed E-state index contributed by atoms with van der Waals surface area (Å²) in [6, 6.07) is 0. The van der Waals surface area contributed by atoms with E-state index in [0.29, 0.717) is 0 Å². The van der Waals surface area contributed by atoms with E-state index in [2.05, 4.69) is 15.4 Å². The third-order valence-corrected chi connectivity index (χ3v) is 2.69. The second-order valence-electron chi connectivity index (χ2n) is 3.89. The van der Waals surface area contributed by atoms with Gasteiger partial charge in [-0.1, -0.05) is 0 Å². The molecule has 17 heavy (non-hydrogen) atoms. The molecule has 0 bridgehead atoms. The van der Waals surface area contributed by atoms with Gasteiger partial charge < -0.3 is 15.6 Å². The average molecular weight is 234 g/mol. The smallest absolute Gasteiger partial charge is 0.148 e. The first-order valence-corrected chi connectivity index (χ1v) is 5.75. The molecule has 0 spiro atoms. The molecule has 0 atom stereocenters. The van der Waals surface area contributed by atoms with Crippen molar-refractivity contribution in [2.24, 2.45) is 0 Å². The summed E-state index contributed by atoms with van der Waals surface area (Å²) in [5.74, 6) is 0.908. The van der Waals surface area contributed by atoms with Crippen LogP contribution in [0.2, 0.25) is 0 Å². The summed E-state index contributed by atoms with van der Waals surface area (Å²) >= 11 is 0. The van der Waals surface area contributed by atoms with Gasteiger partial charge in [-0.05, 0) is 13.8 Å². The minimum Gasteiger partial charge on any atom is -0.394 e. The number of imidazole rings is 1. The molecule has 0 aromatic carbocycles. The van der Waals surface area contributed by atoms with E-state index in [1.165, 1.54) is 0 Å². The third kappa shape index (κ3) is 2.41. The maximum absolute atomic E-state index is 5.97. The number of rotatable bonds is 5. The minimum absolute atomic E-state index is 0.734. The molecule has 6 nitrogen and oxygen atoms in total. The molecule has 0 aliphatic rings. The van der Waals surface area contributed by atoms with Crippen LogP contribution in [0.3, 0.4) is 0 Å². The Balaban J connectivity index is 1.98. The van der Waals surface area contributed by atoms with Crippen LogP contribution in [0.5, 0.6) is 0 Å². The molecule has 0 saturated heterocycles. The van der Waals surface area contributed by atoms with Crippen LogP contribution in [0, 0.1) is 6.92 Å². The molecule has 0 saturated carbocycles. The highest BCUT2D eigenvalue weighted by atomic mass is 15.3. The molecular weight excluding hydrogens is 216 g/mol. The van der Waals surface area contributed by atoms with Crippen LogP contribution >= 0.6 is 0 Å². The molecule has 2 rings (SSSR count). The summed E-state index contributed by atoms with van der Waals surface area (Å²) in [4.78, 5) is 4.00. The van der Waals surface area contributed by atoms with Crippen LogP contribution in [-0.2, 0) is 13.1 Å². The van der Waals surface area contributed by atoms with Gasteiger partial charge in [0.25, 0.3) is 0 Å². The number of nitrogen functional groups attached to an aromatic ring is 1. The fourth-order valence-corrected chi connectivity index (χ4v) is 1.73. The average Bonchev–Trinajstić information content (AvgIpc) is 2.92. The van der Waals surface area contributed by atoms with E-state index in [-0.39, 0.29) is 0 Å². The van der Waals surface area contributed by atoms with E-state index < -0.39 is 0 Å². The van der Waals surface area contributed by atoms with Gasteiger partial charge in [-0.2, -0.15) is 5.10 Å². The van der Waals surface area contributed by atoms with Crippen molar-refractivity contribution in [1.82, 2.24) is 19.3 Å². The van der Waals surface area contributed by atoms with E-state index in [1.54, 1.807) is 12.5 Å². The molecule has 2 aromatic rings. The lowest BCUT2D eigenvalue weighted by Crippen LogP contribution is -2.13. The molecule has 3 N–H and O–H groups in total. The largest absolute Gasteiger partial charge is 0.394 e. The van der Waals surface area contributed by atoms with Crippen LogP contribution in [0.1, 0.15) is 12.6 Å². The van der Waals surface area contributed by atoms with Gasteiger partial charge in [0.1, 0.15) is 5.82 Å². The monoisotopic (exact) mass is 234 g/mol. The molecule has 0 aliphatic heterocycles. The second-order valence-corrected chi connectivity index (χ2v) is 3.89. The first-order valence-electron chi connectivity index (χ1n) is 5.75. The number of aromatic nitrogens is 4. The van der Waals surface area contributed by atoms with Crippen molar-refractivity contribution in [3.63, 3.8) is 0 Å². The number of nitrogens with one attached hydrogen (secondary N) is 1. The van der Waals surface area contributed by atoms with Gasteiger partial charge in [-0.15, -0.1) is 0 Å². The Kier molecular flexibility index (Phi) is 3.32. The molecule has 92 valence electrons. The standard InChI is InChI=1S/C11H18N6/c1-3-17-11(10(12)9(2)15-17)14-5-7-16-6-4-13-8-16/h4,6,8,14H,3,5,7,12H2,1-2H3. The van der Waals surface area contributed by atoms with Gasteiger partial charge in [-0.25, -0.2) is 9.67 Å². The highest BCUT2D eigenvalue weighted by Crippen LogP contribution is 2.21. The molecule has 2 heterocycles. The van der Waals surface area contributed by atoms with Gasteiger partial charge in [0.15, 0.2) is 0 Å². The Morgan fingerprint density at radius 2 is 2.29 bits per heavy atom. The quantitative estimate of drug-likeness (QED) is 0.812. The van der Waals surface area contributed by atoms with Gasteiger partial charge >= 0.3 is 0 Å². The van der Waals surface area contributed by atoms with E-state index in [0.717, 1.165) is 36.8 Å². The number of aryl methyl sites for hydroxylation is 2. The topological polar surface area (TPSA) is 73.7 Å². The maximum atomic E-state index is 5.97. The molecular formula is C11H18N6. The van der Waals surface area contributed by atoms with E-state index in [4.69, 9.17) is 5.73 Å². The number of nitrogens with zero attached hydrogens (tertiary/aromatic N) is 4. The van der Waals surface area contributed by atoms with Crippen LogP contribution in [-0.4, -0.2) is 25.9 Å². The lowest BCUT2D eigenvalue weighted by atomic mass is 10.4. The Bertz CT molecular complexity index is 470. The number of anilines is 2. The predicted octanol–water partition coefficient (Wildman–Crippen LogP) is 1.10. The van der Waals surface area contributed by atoms with Crippen molar-refractivity contribution in [1.29, 1.82) is 0 Å². The van der Waals surface area contributed by atoms with E-state index in [1.807, 2.05) is 29.3 Å². The van der Waals surface area contributed by atoms with E-state index >= 15 is 0 Å². The lowest BCUT2D eigenvalue weighted by molar-refractivity contribution is 0.650. The van der Waals surface area contributed by atoms with Gasteiger partial charge in [0.05, 0.1) is 17.7 Å². The first-order chi connectivity index (χ1) is 8.22. The van der Waals surface area contributed by atoms with Crippen molar-refractivity contribution in [2.45, 2.75) is 26.9 Å². The zero-order valence-corrected chi connectivity index (χ0v) is 10.2. The summed E-state index contributed by atoms with van der Waals surface area (Å²) in [5, 5.41) is 7.67. The molecule has 0 aliphatic carbocycles. The molecule has 0 amide bonds. The maximum Gasteiger partial charge on any atom is 0.148 e. The molecule has 0 fully saturated rings. The third-order valence-electron chi connectivity index (χ3n) is 2.69. The zero-order chi connectivity index (χ0) is 12.3.